The standard InChI is InChI=1S/C23H29N5O5/c1-25-16(12-27-7-9-32-10-8-27)11-15(24)14-33-20-4-2-3-17-18(20)13-28(23(17)31)19-5-6-21(29)26-22(19)30/h2-4,11,19H,5-10,12-14,24H2,1H3,(H,26,29,30). The van der Waals surface area contributed by atoms with Crippen LogP contribution in [0.1, 0.15) is 28.8 Å². The highest BCUT2D eigenvalue weighted by molar-refractivity contribution is 6.05. The van der Waals surface area contributed by atoms with Gasteiger partial charge in [-0.25, -0.2) is 0 Å². The lowest BCUT2D eigenvalue weighted by atomic mass is 10.0. The molecule has 0 aromatic heterocycles. The van der Waals surface area contributed by atoms with Crippen molar-refractivity contribution in [2.75, 3.05) is 46.5 Å². The summed E-state index contributed by atoms with van der Waals surface area (Å²) >= 11 is 0. The van der Waals surface area contributed by atoms with Gasteiger partial charge in [-0.1, -0.05) is 6.07 Å². The number of nitrogens with zero attached hydrogens (tertiary/aromatic N) is 3. The van der Waals surface area contributed by atoms with Gasteiger partial charge in [0.25, 0.3) is 5.91 Å². The quantitative estimate of drug-likeness (QED) is 0.440. The van der Waals surface area contributed by atoms with Gasteiger partial charge in [0.2, 0.25) is 11.8 Å². The van der Waals surface area contributed by atoms with Crippen LogP contribution in [0, 0.1) is 0 Å². The number of benzene rings is 1. The van der Waals surface area contributed by atoms with Gasteiger partial charge in [-0.2, -0.15) is 0 Å². The van der Waals surface area contributed by atoms with Crippen molar-refractivity contribution in [1.29, 1.82) is 0 Å². The molecule has 4 rings (SSSR count). The lowest BCUT2D eigenvalue weighted by molar-refractivity contribution is -0.136. The Balaban J connectivity index is 1.40. The fourth-order valence-corrected chi connectivity index (χ4v) is 4.28. The van der Waals surface area contributed by atoms with E-state index in [1.54, 1.807) is 25.2 Å². The van der Waals surface area contributed by atoms with Gasteiger partial charge in [0.15, 0.2) is 0 Å². The molecular weight excluding hydrogens is 426 g/mol. The lowest BCUT2D eigenvalue weighted by Gasteiger charge is -2.29. The van der Waals surface area contributed by atoms with Crippen molar-refractivity contribution in [3.05, 3.63) is 41.1 Å². The third-order valence-corrected chi connectivity index (χ3v) is 6.06. The Morgan fingerprint density at radius 2 is 2.09 bits per heavy atom. The molecule has 3 aliphatic rings. The number of nitrogens with two attached hydrogens (primary N) is 1. The molecule has 1 unspecified atom stereocenters. The predicted octanol–water partition coefficient (Wildman–Crippen LogP) is 0.0720. The SMILES string of the molecule is CN=C(C=C(N)COc1cccc2c1CN(C1CCC(=O)NC1=O)C2=O)CN1CCOCC1. The van der Waals surface area contributed by atoms with E-state index in [-0.39, 0.29) is 31.4 Å². The van der Waals surface area contributed by atoms with Crippen LogP contribution in [0.4, 0.5) is 0 Å². The first-order chi connectivity index (χ1) is 16.0. The summed E-state index contributed by atoms with van der Waals surface area (Å²) in [4.78, 5) is 44.7. The summed E-state index contributed by atoms with van der Waals surface area (Å²) in [6, 6.07) is 4.59. The number of imide groups is 1. The molecule has 3 heterocycles. The molecular formula is C23H29N5O5. The zero-order valence-corrected chi connectivity index (χ0v) is 18.7. The van der Waals surface area contributed by atoms with Crippen molar-refractivity contribution in [1.82, 2.24) is 15.1 Å². The summed E-state index contributed by atoms with van der Waals surface area (Å²) in [5.74, 6) is -0.432. The highest BCUT2D eigenvalue weighted by Crippen LogP contribution is 2.33. The number of piperidine rings is 1. The molecule has 10 heteroatoms. The van der Waals surface area contributed by atoms with E-state index in [9.17, 15) is 14.4 Å². The minimum Gasteiger partial charge on any atom is -0.487 e. The molecule has 3 N–H and O–H groups in total. The van der Waals surface area contributed by atoms with Crippen LogP contribution in [0.15, 0.2) is 35.0 Å². The number of nitrogens with one attached hydrogen (secondary N) is 1. The molecule has 1 aromatic rings. The Bertz CT molecular complexity index is 999. The number of hydrogen-bond acceptors (Lipinski definition) is 8. The fraction of sp³-hybridized carbons (Fsp3) is 0.478. The number of morpholine rings is 1. The van der Waals surface area contributed by atoms with E-state index in [1.165, 1.54) is 4.90 Å². The van der Waals surface area contributed by atoms with Crippen molar-refractivity contribution in [2.24, 2.45) is 10.7 Å². The molecule has 0 saturated carbocycles. The second kappa shape index (κ2) is 10.1. The largest absolute Gasteiger partial charge is 0.487 e. The van der Waals surface area contributed by atoms with Crippen LogP contribution < -0.4 is 15.8 Å². The molecule has 10 nitrogen and oxygen atoms in total. The second-order valence-electron chi connectivity index (χ2n) is 8.29. The normalized spacial score (nSPS) is 22.4. The molecule has 2 fully saturated rings. The Labute approximate surface area is 192 Å². The summed E-state index contributed by atoms with van der Waals surface area (Å²) in [7, 11) is 1.74. The lowest BCUT2D eigenvalue weighted by Crippen LogP contribution is -2.52. The van der Waals surface area contributed by atoms with Crippen molar-refractivity contribution < 1.29 is 23.9 Å². The van der Waals surface area contributed by atoms with Crippen LogP contribution in [0.25, 0.3) is 0 Å². The van der Waals surface area contributed by atoms with Gasteiger partial charge in [0.05, 0.1) is 25.5 Å². The average Bonchev–Trinajstić information content (AvgIpc) is 3.15. The van der Waals surface area contributed by atoms with E-state index in [0.29, 0.717) is 43.2 Å². The molecule has 1 aromatic carbocycles. The maximum Gasteiger partial charge on any atom is 0.255 e. The number of aliphatic imine (C=N–C) groups is 1. The maximum atomic E-state index is 12.9. The number of fused-ring (bicyclic) bond motifs is 1. The second-order valence-corrected chi connectivity index (χ2v) is 8.29. The smallest absolute Gasteiger partial charge is 0.255 e. The van der Waals surface area contributed by atoms with Crippen LogP contribution in [0.5, 0.6) is 5.75 Å². The number of ether oxygens (including phenoxy) is 2. The van der Waals surface area contributed by atoms with Crippen LogP contribution in [-0.4, -0.2) is 85.8 Å². The van der Waals surface area contributed by atoms with E-state index >= 15 is 0 Å². The number of rotatable bonds is 7. The monoisotopic (exact) mass is 455 g/mol. The molecule has 0 bridgehead atoms. The van der Waals surface area contributed by atoms with E-state index < -0.39 is 11.9 Å². The topological polar surface area (TPSA) is 127 Å². The number of carbonyl (C=O) groups excluding carboxylic acids is 3. The zero-order valence-electron chi connectivity index (χ0n) is 18.7. The van der Waals surface area contributed by atoms with Crippen LogP contribution in [0.2, 0.25) is 0 Å². The minimum absolute atomic E-state index is 0.144. The first kappa shape index (κ1) is 22.9. The van der Waals surface area contributed by atoms with E-state index in [1.807, 2.05) is 6.08 Å². The van der Waals surface area contributed by atoms with Crippen molar-refractivity contribution in [3.8, 4) is 5.75 Å². The van der Waals surface area contributed by atoms with Gasteiger partial charge in [0.1, 0.15) is 18.4 Å². The Morgan fingerprint density at radius 3 is 2.82 bits per heavy atom. The highest BCUT2D eigenvalue weighted by atomic mass is 16.5. The Kier molecular flexibility index (Phi) is 7.05. The number of hydrogen-bond donors (Lipinski definition) is 2. The maximum absolute atomic E-state index is 12.9. The molecule has 0 aliphatic carbocycles. The molecule has 2 saturated heterocycles. The van der Waals surface area contributed by atoms with Crippen LogP contribution in [0.3, 0.4) is 0 Å². The third kappa shape index (κ3) is 5.23. The fourth-order valence-electron chi connectivity index (χ4n) is 4.28. The average molecular weight is 456 g/mol. The van der Waals surface area contributed by atoms with Gasteiger partial charge in [0, 0.05) is 49.9 Å². The van der Waals surface area contributed by atoms with Crippen LogP contribution in [-0.2, 0) is 20.9 Å². The number of amides is 3. The van der Waals surface area contributed by atoms with E-state index in [2.05, 4.69) is 15.2 Å². The Hall–Kier alpha value is -3.24. The summed E-state index contributed by atoms with van der Waals surface area (Å²) in [5, 5.41) is 2.31. The molecule has 3 aliphatic heterocycles. The van der Waals surface area contributed by atoms with Crippen molar-refractivity contribution in [3.63, 3.8) is 0 Å². The van der Waals surface area contributed by atoms with E-state index in [0.717, 1.165) is 24.4 Å². The van der Waals surface area contributed by atoms with Gasteiger partial charge >= 0.3 is 0 Å². The summed E-state index contributed by atoms with van der Waals surface area (Å²) in [6.07, 6.45) is 2.35. The highest BCUT2D eigenvalue weighted by Gasteiger charge is 2.40. The molecule has 1 atom stereocenters. The predicted molar refractivity (Wildman–Crippen MR) is 121 cm³/mol. The summed E-state index contributed by atoms with van der Waals surface area (Å²) < 4.78 is 11.3. The van der Waals surface area contributed by atoms with Crippen molar-refractivity contribution >= 4 is 23.4 Å². The third-order valence-electron chi connectivity index (χ3n) is 6.06. The molecule has 176 valence electrons. The summed E-state index contributed by atoms with van der Waals surface area (Å²) in [6.45, 7) is 4.23. The number of carbonyl (C=O) groups is 3. The van der Waals surface area contributed by atoms with Crippen molar-refractivity contribution in [2.45, 2.75) is 25.4 Å². The molecule has 33 heavy (non-hydrogen) atoms. The van der Waals surface area contributed by atoms with Gasteiger partial charge in [-0.05, 0) is 24.6 Å². The molecule has 3 amide bonds. The van der Waals surface area contributed by atoms with E-state index in [4.69, 9.17) is 15.2 Å². The Morgan fingerprint density at radius 1 is 1.30 bits per heavy atom. The summed E-state index contributed by atoms with van der Waals surface area (Å²) in [5.41, 5.74) is 8.80. The molecule has 0 spiro atoms. The van der Waals surface area contributed by atoms with Crippen LogP contribution >= 0.6 is 0 Å². The van der Waals surface area contributed by atoms with Gasteiger partial charge < -0.3 is 20.1 Å². The first-order valence-electron chi connectivity index (χ1n) is 11.1. The zero-order chi connectivity index (χ0) is 23.4. The molecule has 0 radical (unpaired) electrons. The van der Waals surface area contributed by atoms with Gasteiger partial charge in [-0.15, -0.1) is 0 Å². The minimum atomic E-state index is -0.663. The van der Waals surface area contributed by atoms with Gasteiger partial charge in [-0.3, -0.25) is 29.6 Å². The first-order valence-corrected chi connectivity index (χ1v) is 11.1.